The van der Waals surface area contributed by atoms with Crippen molar-refractivity contribution in [2.45, 2.75) is 0 Å². The zero-order valence-corrected chi connectivity index (χ0v) is 10.8. The molecule has 0 radical (unpaired) electrons. The monoisotopic (exact) mass is 264 g/mol. The lowest BCUT2D eigenvalue weighted by Crippen LogP contribution is -2.21. The Bertz CT molecular complexity index is 540. The van der Waals surface area contributed by atoms with Gasteiger partial charge in [-0.2, -0.15) is 0 Å². The SMILES string of the molecule is COc1ccc(C=C2NC(=S)NC2=O)c(OC)c1. The Hall–Kier alpha value is -2.08. The lowest BCUT2D eigenvalue weighted by atomic mass is 10.1. The Morgan fingerprint density at radius 1 is 1.22 bits per heavy atom. The molecule has 0 saturated carbocycles. The highest BCUT2D eigenvalue weighted by Gasteiger charge is 2.20. The van der Waals surface area contributed by atoms with E-state index in [4.69, 9.17) is 21.7 Å². The number of carbonyl (C=O) groups excluding carboxylic acids is 1. The zero-order valence-electron chi connectivity index (χ0n) is 9.94. The van der Waals surface area contributed by atoms with Crippen LogP contribution in [0, 0.1) is 0 Å². The van der Waals surface area contributed by atoms with Crippen molar-refractivity contribution >= 4 is 29.3 Å². The molecule has 1 amide bonds. The van der Waals surface area contributed by atoms with Crippen molar-refractivity contribution in [3.63, 3.8) is 0 Å². The van der Waals surface area contributed by atoms with E-state index < -0.39 is 0 Å². The van der Waals surface area contributed by atoms with Gasteiger partial charge in [0, 0.05) is 11.6 Å². The minimum Gasteiger partial charge on any atom is -0.497 e. The van der Waals surface area contributed by atoms with Gasteiger partial charge >= 0.3 is 0 Å². The number of thiocarbonyl (C=S) groups is 1. The van der Waals surface area contributed by atoms with Crippen molar-refractivity contribution in [3.8, 4) is 11.5 Å². The molecule has 1 aromatic rings. The fourth-order valence-electron chi connectivity index (χ4n) is 1.58. The quantitative estimate of drug-likeness (QED) is 0.631. The fourth-order valence-corrected chi connectivity index (χ4v) is 1.78. The summed E-state index contributed by atoms with van der Waals surface area (Å²) in [4.78, 5) is 11.5. The Morgan fingerprint density at radius 3 is 2.56 bits per heavy atom. The lowest BCUT2D eigenvalue weighted by molar-refractivity contribution is -0.115. The molecule has 0 bridgehead atoms. The van der Waals surface area contributed by atoms with E-state index in [-0.39, 0.29) is 5.91 Å². The third-order valence-corrected chi connectivity index (χ3v) is 2.66. The number of benzene rings is 1. The second kappa shape index (κ2) is 5.05. The van der Waals surface area contributed by atoms with Gasteiger partial charge in [0.2, 0.25) is 0 Å². The Kier molecular flexibility index (Phi) is 3.47. The van der Waals surface area contributed by atoms with Gasteiger partial charge < -0.3 is 14.8 Å². The fraction of sp³-hybridized carbons (Fsp3) is 0.167. The molecule has 1 aliphatic rings. The first-order valence-corrected chi connectivity index (χ1v) is 5.61. The molecule has 18 heavy (non-hydrogen) atoms. The lowest BCUT2D eigenvalue weighted by Gasteiger charge is -2.07. The number of ether oxygens (including phenoxy) is 2. The highest BCUT2D eigenvalue weighted by Crippen LogP contribution is 2.26. The normalized spacial score (nSPS) is 16.4. The molecule has 0 unspecified atom stereocenters. The molecule has 1 heterocycles. The molecule has 0 aromatic heterocycles. The molecule has 1 aromatic carbocycles. The van der Waals surface area contributed by atoms with Crippen LogP contribution in [0.5, 0.6) is 11.5 Å². The van der Waals surface area contributed by atoms with Crippen LogP contribution in [0.4, 0.5) is 0 Å². The van der Waals surface area contributed by atoms with Gasteiger partial charge in [0.15, 0.2) is 5.11 Å². The van der Waals surface area contributed by atoms with Gasteiger partial charge in [0.25, 0.3) is 5.91 Å². The highest BCUT2D eigenvalue weighted by molar-refractivity contribution is 7.80. The molecular formula is C12H12N2O3S. The van der Waals surface area contributed by atoms with Crippen molar-refractivity contribution < 1.29 is 14.3 Å². The van der Waals surface area contributed by atoms with E-state index in [0.29, 0.717) is 22.3 Å². The molecule has 0 spiro atoms. The third kappa shape index (κ3) is 2.43. The maximum Gasteiger partial charge on any atom is 0.273 e. The molecule has 2 N–H and O–H groups in total. The number of hydrogen-bond donors (Lipinski definition) is 2. The Balaban J connectivity index is 2.37. The van der Waals surface area contributed by atoms with E-state index in [1.54, 1.807) is 38.5 Å². The van der Waals surface area contributed by atoms with Gasteiger partial charge in [-0.1, -0.05) is 0 Å². The molecule has 6 heteroatoms. The molecule has 1 saturated heterocycles. The number of amides is 1. The highest BCUT2D eigenvalue weighted by atomic mass is 32.1. The first kappa shape index (κ1) is 12.4. The predicted octanol–water partition coefficient (Wildman–Crippen LogP) is 1.05. The van der Waals surface area contributed by atoms with Crippen LogP contribution in [0.2, 0.25) is 0 Å². The van der Waals surface area contributed by atoms with Crippen LogP contribution >= 0.6 is 12.2 Å². The summed E-state index contributed by atoms with van der Waals surface area (Å²) < 4.78 is 10.3. The summed E-state index contributed by atoms with van der Waals surface area (Å²) in [7, 11) is 3.14. The second-order valence-corrected chi connectivity index (χ2v) is 3.98. The van der Waals surface area contributed by atoms with Crippen LogP contribution in [0.15, 0.2) is 23.9 Å². The van der Waals surface area contributed by atoms with Crippen molar-refractivity contribution in [2.24, 2.45) is 0 Å². The molecule has 5 nitrogen and oxygen atoms in total. The maximum absolute atomic E-state index is 11.5. The van der Waals surface area contributed by atoms with E-state index in [1.165, 1.54) is 0 Å². The van der Waals surface area contributed by atoms with Crippen LogP contribution in [-0.2, 0) is 4.79 Å². The summed E-state index contributed by atoms with van der Waals surface area (Å²) in [6.07, 6.45) is 1.67. The summed E-state index contributed by atoms with van der Waals surface area (Å²) in [5.41, 5.74) is 1.16. The third-order valence-electron chi connectivity index (χ3n) is 2.46. The molecule has 0 atom stereocenters. The van der Waals surface area contributed by atoms with Crippen LogP contribution in [0.25, 0.3) is 6.08 Å². The maximum atomic E-state index is 11.5. The van der Waals surface area contributed by atoms with Crippen LogP contribution in [0.1, 0.15) is 5.56 Å². The van der Waals surface area contributed by atoms with Crippen LogP contribution in [0.3, 0.4) is 0 Å². The van der Waals surface area contributed by atoms with Crippen LogP contribution < -0.4 is 20.1 Å². The van der Waals surface area contributed by atoms with Gasteiger partial charge in [-0.3, -0.25) is 10.1 Å². The van der Waals surface area contributed by atoms with Crippen molar-refractivity contribution in [3.05, 3.63) is 29.5 Å². The van der Waals surface area contributed by atoms with Crippen molar-refractivity contribution in [1.82, 2.24) is 10.6 Å². The van der Waals surface area contributed by atoms with Gasteiger partial charge in [-0.05, 0) is 30.4 Å². The predicted molar refractivity (Wildman–Crippen MR) is 71.4 cm³/mol. The van der Waals surface area contributed by atoms with Gasteiger partial charge in [0.05, 0.1) is 14.2 Å². The number of nitrogens with one attached hydrogen (secondary N) is 2. The summed E-state index contributed by atoms with van der Waals surface area (Å²) in [5, 5.41) is 5.58. The number of hydrogen-bond acceptors (Lipinski definition) is 4. The number of rotatable bonds is 3. The largest absolute Gasteiger partial charge is 0.497 e. The topological polar surface area (TPSA) is 59.6 Å². The van der Waals surface area contributed by atoms with Crippen molar-refractivity contribution in [1.29, 1.82) is 0 Å². The van der Waals surface area contributed by atoms with Gasteiger partial charge in [-0.15, -0.1) is 0 Å². The molecule has 2 rings (SSSR count). The zero-order chi connectivity index (χ0) is 13.1. The molecule has 94 valence electrons. The average molecular weight is 264 g/mol. The smallest absolute Gasteiger partial charge is 0.273 e. The summed E-state index contributed by atoms with van der Waals surface area (Å²) in [5.74, 6) is 1.06. The minimum atomic E-state index is -0.252. The van der Waals surface area contributed by atoms with E-state index in [1.807, 2.05) is 0 Å². The number of methoxy groups -OCH3 is 2. The molecular weight excluding hydrogens is 252 g/mol. The number of carbonyl (C=O) groups is 1. The summed E-state index contributed by atoms with van der Waals surface area (Å²) in [6, 6.07) is 5.35. The van der Waals surface area contributed by atoms with E-state index in [2.05, 4.69) is 10.6 Å². The average Bonchev–Trinajstić information content (AvgIpc) is 2.68. The van der Waals surface area contributed by atoms with Crippen molar-refractivity contribution in [2.75, 3.05) is 14.2 Å². The Morgan fingerprint density at radius 2 is 2.00 bits per heavy atom. The summed E-state index contributed by atoms with van der Waals surface area (Å²) in [6.45, 7) is 0. The molecule has 0 aliphatic carbocycles. The second-order valence-electron chi connectivity index (χ2n) is 3.57. The summed E-state index contributed by atoms with van der Waals surface area (Å²) >= 11 is 4.86. The van der Waals surface area contributed by atoms with Crippen LogP contribution in [-0.4, -0.2) is 25.2 Å². The van der Waals surface area contributed by atoms with Gasteiger partial charge in [-0.25, -0.2) is 0 Å². The minimum absolute atomic E-state index is 0.252. The Labute approximate surface area is 110 Å². The standard InChI is InChI=1S/C12H12N2O3S/c1-16-8-4-3-7(10(6-8)17-2)5-9-11(15)14-12(18)13-9/h3-6H,1-2H3,(H2,13,14,15,18). The van der Waals surface area contributed by atoms with Gasteiger partial charge in [0.1, 0.15) is 17.2 Å². The van der Waals surface area contributed by atoms with E-state index >= 15 is 0 Å². The first-order chi connectivity index (χ1) is 8.63. The van der Waals surface area contributed by atoms with E-state index in [9.17, 15) is 4.79 Å². The molecule has 1 aliphatic heterocycles. The molecule has 1 fully saturated rings. The van der Waals surface area contributed by atoms with E-state index in [0.717, 1.165) is 5.56 Å². The first-order valence-electron chi connectivity index (χ1n) is 5.20.